The molecule has 0 aromatic heterocycles. The zero-order valence-electron chi connectivity index (χ0n) is 13.5. The van der Waals surface area contributed by atoms with Crippen LogP contribution in [0.1, 0.15) is 6.92 Å². The number of amides is 2. The smallest absolute Gasteiger partial charge is 0.317 e. The molecule has 6 nitrogen and oxygen atoms in total. The third-order valence-corrected chi connectivity index (χ3v) is 3.78. The molecule has 22 heavy (non-hydrogen) atoms. The van der Waals surface area contributed by atoms with Crippen LogP contribution in [0.25, 0.3) is 0 Å². The Kier molecular flexibility index (Phi) is 5.89. The summed E-state index contributed by atoms with van der Waals surface area (Å²) in [6.45, 7) is 5.45. The maximum absolute atomic E-state index is 12.2. The lowest BCUT2D eigenvalue weighted by molar-refractivity contribution is 0.158. The Balaban J connectivity index is 1.89. The summed E-state index contributed by atoms with van der Waals surface area (Å²) in [5.41, 5.74) is 1.08. The number of nitrogens with one attached hydrogen (secondary N) is 1. The molecule has 1 aliphatic heterocycles. The van der Waals surface area contributed by atoms with Crippen molar-refractivity contribution in [2.45, 2.75) is 13.0 Å². The zero-order chi connectivity index (χ0) is 15.9. The molecule has 0 saturated carbocycles. The van der Waals surface area contributed by atoms with Gasteiger partial charge < -0.3 is 24.6 Å². The lowest BCUT2D eigenvalue weighted by Gasteiger charge is -2.37. The Morgan fingerprint density at radius 3 is 2.55 bits per heavy atom. The quantitative estimate of drug-likeness (QED) is 0.897. The summed E-state index contributed by atoms with van der Waals surface area (Å²) in [5, 5.41) is 2.95. The number of hydrogen-bond donors (Lipinski definition) is 1. The molecule has 0 aliphatic carbocycles. The van der Waals surface area contributed by atoms with Gasteiger partial charge in [0.1, 0.15) is 5.75 Å². The topological polar surface area (TPSA) is 54.0 Å². The van der Waals surface area contributed by atoms with Crippen molar-refractivity contribution in [3.8, 4) is 5.75 Å². The van der Waals surface area contributed by atoms with Gasteiger partial charge in [0.05, 0.1) is 25.4 Å². The van der Waals surface area contributed by atoms with Crippen LogP contribution in [-0.4, -0.2) is 64.0 Å². The van der Waals surface area contributed by atoms with Gasteiger partial charge in [-0.3, -0.25) is 0 Å². The van der Waals surface area contributed by atoms with E-state index in [0.717, 1.165) is 24.5 Å². The average molecular weight is 307 g/mol. The van der Waals surface area contributed by atoms with Crippen molar-refractivity contribution in [1.29, 1.82) is 0 Å². The van der Waals surface area contributed by atoms with Gasteiger partial charge >= 0.3 is 6.03 Å². The van der Waals surface area contributed by atoms with E-state index in [1.807, 2.05) is 30.0 Å². The first kappa shape index (κ1) is 16.4. The Hall–Kier alpha value is -1.95. The maximum Gasteiger partial charge on any atom is 0.317 e. The first-order valence-electron chi connectivity index (χ1n) is 7.58. The van der Waals surface area contributed by atoms with E-state index in [1.165, 1.54) is 0 Å². The highest BCUT2D eigenvalue weighted by Gasteiger charge is 2.23. The summed E-state index contributed by atoms with van der Waals surface area (Å²) in [6.07, 6.45) is 0. The van der Waals surface area contributed by atoms with Gasteiger partial charge in [0.2, 0.25) is 0 Å². The number of ether oxygens (including phenoxy) is 2. The molecule has 1 fully saturated rings. The number of piperazine rings is 1. The minimum atomic E-state index is -0.0239. The minimum Gasteiger partial charge on any atom is -0.495 e. The summed E-state index contributed by atoms with van der Waals surface area (Å²) in [5.74, 6) is 0.870. The van der Waals surface area contributed by atoms with Crippen molar-refractivity contribution in [1.82, 2.24) is 10.2 Å². The van der Waals surface area contributed by atoms with Crippen LogP contribution in [0, 0.1) is 0 Å². The Morgan fingerprint density at radius 1 is 1.23 bits per heavy atom. The normalized spacial score (nSPS) is 16.3. The van der Waals surface area contributed by atoms with Gasteiger partial charge in [0.25, 0.3) is 0 Å². The van der Waals surface area contributed by atoms with Crippen molar-refractivity contribution in [2.24, 2.45) is 0 Å². The second-order valence-electron chi connectivity index (χ2n) is 5.45. The molecular weight excluding hydrogens is 282 g/mol. The number of rotatable bonds is 5. The number of benzene rings is 1. The first-order chi connectivity index (χ1) is 10.7. The fourth-order valence-corrected chi connectivity index (χ4v) is 2.64. The van der Waals surface area contributed by atoms with Gasteiger partial charge in [-0.2, -0.15) is 0 Å². The number of urea groups is 1. The van der Waals surface area contributed by atoms with Crippen LogP contribution in [0.2, 0.25) is 0 Å². The van der Waals surface area contributed by atoms with Gasteiger partial charge in [-0.15, -0.1) is 0 Å². The molecule has 1 N–H and O–H groups in total. The third kappa shape index (κ3) is 4.04. The van der Waals surface area contributed by atoms with Crippen LogP contribution in [0.15, 0.2) is 24.3 Å². The van der Waals surface area contributed by atoms with Gasteiger partial charge in [-0.1, -0.05) is 12.1 Å². The van der Waals surface area contributed by atoms with E-state index >= 15 is 0 Å². The average Bonchev–Trinajstić information content (AvgIpc) is 2.55. The fraction of sp³-hybridized carbons (Fsp3) is 0.562. The van der Waals surface area contributed by atoms with Crippen LogP contribution in [0.4, 0.5) is 10.5 Å². The molecule has 0 spiro atoms. The van der Waals surface area contributed by atoms with Crippen molar-refractivity contribution in [3.63, 3.8) is 0 Å². The molecule has 1 aromatic rings. The van der Waals surface area contributed by atoms with Crippen LogP contribution in [0.5, 0.6) is 5.75 Å². The highest BCUT2D eigenvalue weighted by atomic mass is 16.5. The van der Waals surface area contributed by atoms with E-state index in [9.17, 15) is 4.79 Å². The summed E-state index contributed by atoms with van der Waals surface area (Å²) >= 11 is 0. The van der Waals surface area contributed by atoms with Gasteiger partial charge in [-0.25, -0.2) is 4.79 Å². The van der Waals surface area contributed by atoms with E-state index in [4.69, 9.17) is 9.47 Å². The van der Waals surface area contributed by atoms with Gasteiger partial charge in [0.15, 0.2) is 0 Å². The molecule has 0 radical (unpaired) electrons. The largest absolute Gasteiger partial charge is 0.495 e. The number of hydrogen-bond acceptors (Lipinski definition) is 4. The first-order valence-corrected chi connectivity index (χ1v) is 7.58. The van der Waals surface area contributed by atoms with Crippen LogP contribution >= 0.6 is 0 Å². The van der Waals surface area contributed by atoms with E-state index in [0.29, 0.717) is 19.7 Å². The van der Waals surface area contributed by atoms with Gasteiger partial charge in [0, 0.05) is 33.3 Å². The van der Waals surface area contributed by atoms with Crippen LogP contribution in [0.3, 0.4) is 0 Å². The zero-order valence-corrected chi connectivity index (χ0v) is 13.5. The summed E-state index contributed by atoms with van der Waals surface area (Å²) in [6, 6.07) is 7.97. The lowest BCUT2D eigenvalue weighted by Crippen LogP contribution is -2.53. The molecule has 1 saturated heterocycles. The Morgan fingerprint density at radius 2 is 1.91 bits per heavy atom. The molecule has 6 heteroatoms. The second kappa shape index (κ2) is 7.89. The lowest BCUT2D eigenvalue weighted by atomic mass is 10.2. The highest BCUT2D eigenvalue weighted by molar-refractivity contribution is 5.75. The fourth-order valence-electron chi connectivity index (χ4n) is 2.64. The molecule has 2 rings (SSSR count). The molecule has 1 heterocycles. The number of carbonyl (C=O) groups excluding carboxylic acids is 1. The van der Waals surface area contributed by atoms with E-state index < -0.39 is 0 Å². The van der Waals surface area contributed by atoms with Gasteiger partial charge in [-0.05, 0) is 19.1 Å². The Labute approximate surface area is 132 Å². The maximum atomic E-state index is 12.2. The van der Waals surface area contributed by atoms with Crippen molar-refractivity contribution in [3.05, 3.63) is 24.3 Å². The molecule has 1 unspecified atom stereocenters. The Bertz CT molecular complexity index is 487. The number of methoxy groups -OCH3 is 2. The molecule has 1 aromatic carbocycles. The van der Waals surface area contributed by atoms with Crippen molar-refractivity contribution < 1.29 is 14.3 Å². The molecule has 1 aliphatic rings. The monoisotopic (exact) mass is 307 g/mol. The molecular formula is C16H25N3O3. The number of anilines is 1. The summed E-state index contributed by atoms with van der Waals surface area (Å²) < 4.78 is 10.4. The number of nitrogens with zero attached hydrogens (tertiary/aromatic N) is 2. The number of carbonyl (C=O) groups is 1. The minimum absolute atomic E-state index is 0.0183. The summed E-state index contributed by atoms with van der Waals surface area (Å²) in [4.78, 5) is 16.3. The predicted molar refractivity (Wildman–Crippen MR) is 86.6 cm³/mol. The van der Waals surface area contributed by atoms with Crippen molar-refractivity contribution >= 4 is 11.7 Å². The molecule has 2 amide bonds. The SMILES string of the molecule is COCC(C)NC(=O)N1CCN(c2ccccc2OC)CC1. The highest BCUT2D eigenvalue weighted by Crippen LogP contribution is 2.28. The van der Waals surface area contributed by atoms with E-state index in [2.05, 4.69) is 16.3 Å². The van der Waals surface area contributed by atoms with Crippen LogP contribution in [-0.2, 0) is 4.74 Å². The molecule has 0 bridgehead atoms. The van der Waals surface area contributed by atoms with E-state index in [-0.39, 0.29) is 12.1 Å². The summed E-state index contributed by atoms with van der Waals surface area (Å²) in [7, 11) is 3.31. The third-order valence-electron chi connectivity index (χ3n) is 3.78. The van der Waals surface area contributed by atoms with Crippen molar-refractivity contribution in [2.75, 3.05) is 51.9 Å². The molecule has 1 atom stereocenters. The van der Waals surface area contributed by atoms with E-state index in [1.54, 1.807) is 14.2 Å². The number of para-hydroxylation sites is 2. The standard InChI is InChI=1S/C16H25N3O3/c1-13(12-21-2)17-16(20)19-10-8-18(9-11-19)14-6-4-5-7-15(14)22-3/h4-7,13H,8-12H2,1-3H3,(H,17,20). The molecule has 122 valence electrons. The second-order valence-corrected chi connectivity index (χ2v) is 5.45. The van der Waals surface area contributed by atoms with Crippen LogP contribution < -0.4 is 15.0 Å². The predicted octanol–water partition coefficient (Wildman–Crippen LogP) is 1.56.